The van der Waals surface area contributed by atoms with Gasteiger partial charge in [0.1, 0.15) is 12.7 Å². The van der Waals surface area contributed by atoms with E-state index in [-0.39, 0.29) is 11.5 Å². The Morgan fingerprint density at radius 3 is 2.73 bits per heavy atom. The van der Waals surface area contributed by atoms with E-state index in [0.717, 1.165) is 40.9 Å². The molecule has 0 N–H and O–H groups in total. The van der Waals surface area contributed by atoms with Gasteiger partial charge in [0.05, 0.1) is 12.3 Å². The third-order valence-corrected chi connectivity index (χ3v) is 5.58. The van der Waals surface area contributed by atoms with Crippen molar-refractivity contribution in [3.05, 3.63) is 70.1 Å². The van der Waals surface area contributed by atoms with Crippen LogP contribution in [0.4, 0.5) is 0 Å². The van der Waals surface area contributed by atoms with Crippen molar-refractivity contribution in [1.29, 1.82) is 0 Å². The summed E-state index contributed by atoms with van der Waals surface area (Å²) in [5.41, 5.74) is 6.15. The Hall–Kier alpha value is -2.96. The minimum Gasteiger partial charge on any atom is -0.476 e. The van der Waals surface area contributed by atoms with Crippen LogP contribution in [0.25, 0.3) is 22.4 Å². The Morgan fingerprint density at radius 1 is 1.13 bits per heavy atom. The van der Waals surface area contributed by atoms with Gasteiger partial charge in [0.2, 0.25) is 0 Å². The summed E-state index contributed by atoms with van der Waals surface area (Å²) < 4.78 is 18.6. The van der Waals surface area contributed by atoms with Crippen LogP contribution >= 0.6 is 0 Å². The Bertz CT molecular complexity index is 1090. The summed E-state index contributed by atoms with van der Waals surface area (Å²) in [6.07, 6.45) is 4.31. The van der Waals surface area contributed by atoms with Crippen LogP contribution in [-0.2, 0) is 22.4 Å². The monoisotopic (exact) mass is 406 g/mol. The molecule has 0 radical (unpaired) electrons. The van der Waals surface area contributed by atoms with E-state index in [2.05, 4.69) is 33.8 Å². The first-order valence-corrected chi connectivity index (χ1v) is 10.0. The fraction of sp³-hybridized carbons (Fsp3) is 0.333. The first kappa shape index (κ1) is 20.3. The van der Waals surface area contributed by atoms with Gasteiger partial charge in [-0.3, -0.25) is 9.78 Å². The molecule has 30 heavy (non-hydrogen) atoms. The molecule has 4 rings (SSSR count). The van der Waals surface area contributed by atoms with Crippen LogP contribution in [0.3, 0.4) is 0 Å². The first-order valence-electron chi connectivity index (χ1n) is 10.0. The number of methoxy groups -OCH3 is 2. The van der Waals surface area contributed by atoms with Crippen molar-refractivity contribution in [1.82, 2.24) is 9.55 Å². The van der Waals surface area contributed by atoms with Crippen molar-refractivity contribution in [2.45, 2.75) is 26.0 Å². The molecule has 0 saturated carbocycles. The average molecular weight is 406 g/mol. The molecule has 0 aliphatic carbocycles. The summed E-state index contributed by atoms with van der Waals surface area (Å²) in [6.45, 7) is 3.38. The number of pyridine rings is 2. The summed E-state index contributed by atoms with van der Waals surface area (Å²) in [5, 5.41) is 0. The van der Waals surface area contributed by atoms with Crippen molar-refractivity contribution < 1.29 is 14.2 Å². The Kier molecular flexibility index (Phi) is 5.97. The third-order valence-electron chi connectivity index (χ3n) is 5.58. The first-order chi connectivity index (χ1) is 14.6. The molecular formula is C24H26N2O4. The van der Waals surface area contributed by atoms with Crippen LogP contribution in [0.2, 0.25) is 0 Å². The molecule has 0 saturated heterocycles. The minimum atomic E-state index is -0.194. The normalized spacial score (nSPS) is 13.4. The molecule has 1 aliphatic rings. The molecule has 0 spiro atoms. The van der Waals surface area contributed by atoms with E-state index in [9.17, 15) is 4.79 Å². The Morgan fingerprint density at radius 2 is 2.00 bits per heavy atom. The van der Waals surface area contributed by atoms with Crippen LogP contribution < -0.4 is 10.2 Å². The fourth-order valence-electron chi connectivity index (χ4n) is 3.94. The van der Waals surface area contributed by atoms with Crippen molar-refractivity contribution in [3.63, 3.8) is 0 Å². The molecule has 6 heteroatoms. The van der Waals surface area contributed by atoms with E-state index in [1.54, 1.807) is 26.5 Å². The summed E-state index contributed by atoms with van der Waals surface area (Å²) in [6, 6.07) is 12.0. The van der Waals surface area contributed by atoms with Gasteiger partial charge in [-0.15, -0.1) is 0 Å². The van der Waals surface area contributed by atoms with E-state index in [0.29, 0.717) is 19.1 Å². The SMILES string of the molecule is COC[C@@H](COc1cc(=O)c(C)c2n1CCc1cc(-c3cccnc3)ccc1-2)OC. The highest BCUT2D eigenvalue weighted by Gasteiger charge is 2.23. The van der Waals surface area contributed by atoms with Gasteiger partial charge < -0.3 is 18.8 Å². The van der Waals surface area contributed by atoms with E-state index in [1.165, 1.54) is 5.56 Å². The molecule has 0 unspecified atom stereocenters. The topological polar surface area (TPSA) is 62.6 Å². The molecule has 0 fully saturated rings. The van der Waals surface area contributed by atoms with Crippen molar-refractivity contribution in [2.24, 2.45) is 0 Å². The number of ether oxygens (including phenoxy) is 3. The molecule has 3 heterocycles. The van der Waals surface area contributed by atoms with Crippen molar-refractivity contribution in [2.75, 3.05) is 27.4 Å². The quantitative estimate of drug-likeness (QED) is 0.601. The smallest absolute Gasteiger partial charge is 0.197 e. The second kappa shape index (κ2) is 8.81. The van der Waals surface area contributed by atoms with Crippen LogP contribution in [0, 0.1) is 6.92 Å². The average Bonchev–Trinajstić information content (AvgIpc) is 2.79. The largest absolute Gasteiger partial charge is 0.476 e. The van der Waals surface area contributed by atoms with Crippen molar-refractivity contribution in [3.8, 4) is 28.3 Å². The molecule has 2 aromatic heterocycles. The second-order valence-corrected chi connectivity index (χ2v) is 7.46. The summed E-state index contributed by atoms with van der Waals surface area (Å²) in [7, 11) is 3.25. The molecule has 0 bridgehead atoms. The molecule has 156 valence electrons. The molecule has 1 aliphatic heterocycles. The van der Waals surface area contributed by atoms with E-state index >= 15 is 0 Å². The molecule has 3 aromatic rings. The van der Waals surface area contributed by atoms with Crippen LogP contribution in [0.5, 0.6) is 5.88 Å². The van der Waals surface area contributed by atoms with E-state index in [4.69, 9.17) is 14.2 Å². The van der Waals surface area contributed by atoms with E-state index in [1.807, 2.05) is 19.2 Å². The number of nitrogens with zero attached hydrogens (tertiary/aromatic N) is 2. The highest BCUT2D eigenvalue weighted by molar-refractivity contribution is 5.75. The Balaban J connectivity index is 1.72. The standard InChI is InChI=1S/C24H26N2O4/c1-16-22(27)12-23(30-15-20(29-3)14-28-2)26-10-8-18-11-17(6-7-21(18)24(16)26)19-5-4-9-25-13-19/h4-7,9,11-13,20H,8,10,14-15H2,1-3H3/t20-/m0/s1. The number of rotatable bonds is 7. The van der Waals surface area contributed by atoms with Gasteiger partial charge in [-0.1, -0.05) is 24.3 Å². The zero-order valence-corrected chi connectivity index (χ0v) is 17.6. The maximum absolute atomic E-state index is 12.7. The van der Waals surface area contributed by atoms with Crippen LogP contribution in [0.15, 0.2) is 53.6 Å². The molecule has 1 aromatic carbocycles. The number of hydrogen-bond acceptors (Lipinski definition) is 5. The summed E-state index contributed by atoms with van der Waals surface area (Å²) in [5.74, 6) is 0.570. The molecular weight excluding hydrogens is 380 g/mol. The number of hydrogen-bond donors (Lipinski definition) is 0. The highest BCUT2D eigenvalue weighted by atomic mass is 16.6. The molecule has 0 amide bonds. The van der Waals surface area contributed by atoms with Gasteiger partial charge in [0, 0.05) is 50.4 Å². The highest BCUT2D eigenvalue weighted by Crippen LogP contribution is 2.36. The van der Waals surface area contributed by atoms with E-state index < -0.39 is 0 Å². The lowest BCUT2D eigenvalue weighted by Crippen LogP contribution is -2.28. The van der Waals surface area contributed by atoms with Gasteiger partial charge in [-0.2, -0.15) is 0 Å². The minimum absolute atomic E-state index is 0.0267. The van der Waals surface area contributed by atoms with Gasteiger partial charge in [-0.05, 0) is 36.1 Å². The van der Waals surface area contributed by atoms with Crippen LogP contribution in [0.1, 0.15) is 11.1 Å². The van der Waals surface area contributed by atoms with Gasteiger partial charge in [0.15, 0.2) is 11.3 Å². The number of aryl methyl sites for hydroxylation is 1. The maximum Gasteiger partial charge on any atom is 0.197 e. The fourth-order valence-corrected chi connectivity index (χ4v) is 3.94. The summed E-state index contributed by atoms with van der Waals surface area (Å²) in [4.78, 5) is 16.9. The van der Waals surface area contributed by atoms with Crippen LogP contribution in [-0.4, -0.2) is 43.1 Å². The van der Waals surface area contributed by atoms with Gasteiger partial charge in [-0.25, -0.2) is 0 Å². The zero-order valence-electron chi connectivity index (χ0n) is 17.6. The Labute approximate surface area is 176 Å². The lowest BCUT2D eigenvalue weighted by atomic mass is 9.91. The predicted octanol–water partition coefficient (Wildman–Crippen LogP) is 3.48. The summed E-state index contributed by atoms with van der Waals surface area (Å²) >= 11 is 0. The lowest BCUT2D eigenvalue weighted by Gasteiger charge is -2.27. The molecule has 6 nitrogen and oxygen atoms in total. The third kappa shape index (κ3) is 3.88. The number of aromatic nitrogens is 2. The second-order valence-electron chi connectivity index (χ2n) is 7.46. The van der Waals surface area contributed by atoms with Gasteiger partial charge >= 0.3 is 0 Å². The van der Waals surface area contributed by atoms with Gasteiger partial charge in [0.25, 0.3) is 0 Å². The lowest BCUT2D eigenvalue weighted by molar-refractivity contribution is -0.000948. The number of fused-ring (bicyclic) bond motifs is 3. The maximum atomic E-state index is 12.7. The number of benzene rings is 1. The van der Waals surface area contributed by atoms with Crippen molar-refractivity contribution >= 4 is 0 Å². The zero-order chi connectivity index (χ0) is 21.1. The molecule has 1 atom stereocenters. The predicted molar refractivity (Wildman–Crippen MR) is 116 cm³/mol.